The van der Waals surface area contributed by atoms with Gasteiger partial charge in [-0.25, -0.2) is 8.42 Å². The first kappa shape index (κ1) is 13.8. The number of H-pyrrole nitrogens is 1. The van der Waals surface area contributed by atoms with E-state index in [9.17, 15) is 8.42 Å². The normalized spacial score (nSPS) is 29.9. The first-order valence-corrected chi connectivity index (χ1v) is 9.11. The molecule has 6 nitrogen and oxygen atoms in total. The van der Waals surface area contributed by atoms with Crippen molar-refractivity contribution in [2.24, 2.45) is 0 Å². The quantitative estimate of drug-likeness (QED) is 0.844. The zero-order chi connectivity index (χ0) is 14.4. The zero-order valence-electron chi connectivity index (χ0n) is 11.9. The molecule has 1 aromatic heterocycles. The van der Waals surface area contributed by atoms with Crippen molar-refractivity contribution in [3.63, 3.8) is 0 Å². The van der Waals surface area contributed by atoms with Crippen molar-refractivity contribution in [3.05, 3.63) is 18.0 Å². The molecule has 2 N–H and O–H groups in total. The number of fused-ring (bicyclic) bond motifs is 2. The summed E-state index contributed by atoms with van der Waals surface area (Å²) in [7, 11) is -3.40. The topological polar surface area (TPSA) is 74.4 Å². The van der Waals surface area contributed by atoms with Crippen molar-refractivity contribution in [1.29, 1.82) is 0 Å². The van der Waals surface area contributed by atoms with Gasteiger partial charge in [0.15, 0.2) is 0 Å². The van der Waals surface area contributed by atoms with Crippen LogP contribution in [-0.2, 0) is 21.3 Å². The summed E-state index contributed by atoms with van der Waals surface area (Å²) in [5, 5.41) is 3.38. The molecule has 1 aliphatic carbocycles. The number of aromatic amines is 1. The highest BCUT2D eigenvalue weighted by molar-refractivity contribution is 7.89. The van der Waals surface area contributed by atoms with Crippen LogP contribution in [0.15, 0.2) is 17.2 Å². The third-order valence-electron chi connectivity index (χ3n) is 4.52. The zero-order valence-corrected chi connectivity index (χ0v) is 12.7. The Morgan fingerprint density at radius 3 is 2.62 bits per heavy atom. The maximum atomic E-state index is 12.7. The Labute approximate surface area is 124 Å². The van der Waals surface area contributed by atoms with Crippen LogP contribution < -0.4 is 5.32 Å². The summed E-state index contributed by atoms with van der Waals surface area (Å²) in [6, 6.07) is 2.37. The first-order chi connectivity index (χ1) is 10.1. The van der Waals surface area contributed by atoms with E-state index in [-0.39, 0.29) is 12.2 Å². The Balaban J connectivity index is 1.48. The molecule has 1 saturated carbocycles. The van der Waals surface area contributed by atoms with E-state index < -0.39 is 10.0 Å². The minimum atomic E-state index is -3.40. The number of nitrogens with one attached hydrogen (secondary N) is 2. The second kappa shape index (κ2) is 5.08. The van der Waals surface area contributed by atoms with E-state index in [4.69, 9.17) is 4.74 Å². The molecule has 2 saturated heterocycles. The van der Waals surface area contributed by atoms with Crippen LogP contribution in [0.1, 0.15) is 31.4 Å². The minimum absolute atomic E-state index is 0.0773. The monoisotopic (exact) mass is 311 g/mol. The van der Waals surface area contributed by atoms with Crippen molar-refractivity contribution >= 4 is 10.0 Å². The summed E-state index contributed by atoms with van der Waals surface area (Å²) in [6.07, 6.45) is 6.16. The first-order valence-electron chi connectivity index (χ1n) is 7.67. The fraction of sp³-hybridized carbons (Fsp3) is 0.714. The third kappa shape index (κ3) is 2.75. The number of rotatable bonds is 5. The van der Waals surface area contributed by atoms with Gasteiger partial charge in [0.2, 0.25) is 10.0 Å². The van der Waals surface area contributed by atoms with Crippen molar-refractivity contribution in [3.8, 4) is 0 Å². The third-order valence-corrected chi connectivity index (χ3v) is 6.33. The molecule has 2 bridgehead atoms. The molecular formula is C14H21N3O3S. The highest BCUT2D eigenvalue weighted by atomic mass is 32.2. The summed E-state index contributed by atoms with van der Waals surface area (Å²) < 4.78 is 32.7. The van der Waals surface area contributed by atoms with E-state index >= 15 is 0 Å². The van der Waals surface area contributed by atoms with Gasteiger partial charge >= 0.3 is 0 Å². The lowest BCUT2D eigenvalue weighted by Crippen LogP contribution is -2.45. The average Bonchev–Trinajstić information content (AvgIpc) is 3.07. The van der Waals surface area contributed by atoms with Gasteiger partial charge in [0.25, 0.3) is 0 Å². The Bertz CT molecular complexity index is 611. The fourth-order valence-electron chi connectivity index (χ4n) is 3.13. The van der Waals surface area contributed by atoms with Crippen LogP contribution in [0.25, 0.3) is 0 Å². The van der Waals surface area contributed by atoms with E-state index in [0.717, 1.165) is 18.5 Å². The van der Waals surface area contributed by atoms with Gasteiger partial charge in [0.1, 0.15) is 0 Å². The molecule has 0 amide bonds. The molecule has 0 spiro atoms. The van der Waals surface area contributed by atoms with Gasteiger partial charge in [0.05, 0.1) is 17.1 Å². The molecule has 2 aliphatic heterocycles. The van der Waals surface area contributed by atoms with Crippen LogP contribution in [0, 0.1) is 0 Å². The summed E-state index contributed by atoms with van der Waals surface area (Å²) in [5.74, 6) is 0. The minimum Gasteiger partial charge on any atom is -0.372 e. The van der Waals surface area contributed by atoms with E-state index in [2.05, 4.69) is 10.3 Å². The van der Waals surface area contributed by atoms with Crippen LogP contribution in [0.5, 0.6) is 0 Å². The molecule has 2 unspecified atom stereocenters. The molecule has 3 aliphatic rings. The number of sulfonamides is 1. The lowest BCUT2D eigenvalue weighted by atomic mass is 10.2. The Morgan fingerprint density at radius 1 is 1.24 bits per heavy atom. The van der Waals surface area contributed by atoms with Crippen molar-refractivity contribution < 1.29 is 13.2 Å². The van der Waals surface area contributed by atoms with Gasteiger partial charge in [-0.2, -0.15) is 4.31 Å². The molecule has 0 radical (unpaired) electrons. The van der Waals surface area contributed by atoms with Crippen LogP contribution in [0.2, 0.25) is 0 Å². The summed E-state index contributed by atoms with van der Waals surface area (Å²) in [6.45, 7) is 1.67. The molecule has 1 aromatic rings. The number of hydrogen-bond acceptors (Lipinski definition) is 4. The number of ether oxygens (including phenoxy) is 1. The Morgan fingerprint density at radius 2 is 1.95 bits per heavy atom. The number of morpholine rings is 1. The largest absolute Gasteiger partial charge is 0.372 e. The molecule has 2 atom stereocenters. The molecule has 3 fully saturated rings. The highest BCUT2D eigenvalue weighted by Gasteiger charge is 2.39. The lowest BCUT2D eigenvalue weighted by molar-refractivity contribution is -0.0114. The van der Waals surface area contributed by atoms with Crippen LogP contribution in [-0.4, -0.2) is 49.0 Å². The SMILES string of the molecule is O=S(=O)(c1c[nH]c(CNC2CC2)c1)N1CC2CCC(C1)O2. The average molecular weight is 311 g/mol. The van der Waals surface area contributed by atoms with E-state index in [0.29, 0.717) is 30.6 Å². The molecule has 7 heteroatoms. The number of aromatic nitrogens is 1. The summed E-state index contributed by atoms with van der Waals surface area (Å²) in [5.41, 5.74) is 0.928. The van der Waals surface area contributed by atoms with Crippen molar-refractivity contribution in [2.75, 3.05) is 13.1 Å². The molecule has 0 aromatic carbocycles. The Kier molecular flexibility index (Phi) is 3.33. The van der Waals surface area contributed by atoms with Gasteiger partial charge in [-0.3, -0.25) is 0 Å². The number of hydrogen-bond donors (Lipinski definition) is 2. The summed E-state index contributed by atoms with van der Waals surface area (Å²) in [4.78, 5) is 3.44. The summed E-state index contributed by atoms with van der Waals surface area (Å²) >= 11 is 0. The second-order valence-corrected chi connectivity index (χ2v) is 8.23. The van der Waals surface area contributed by atoms with Gasteiger partial charge in [-0.1, -0.05) is 0 Å². The molecule has 116 valence electrons. The van der Waals surface area contributed by atoms with E-state index in [1.807, 2.05) is 0 Å². The Hall–Kier alpha value is -0.890. The highest BCUT2D eigenvalue weighted by Crippen LogP contribution is 2.30. The van der Waals surface area contributed by atoms with Gasteiger partial charge in [-0.05, 0) is 31.7 Å². The molecule has 3 heterocycles. The maximum Gasteiger partial charge on any atom is 0.244 e. The number of nitrogens with zero attached hydrogens (tertiary/aromatic N) is 1. The van der Waals surface area contributed by atoms with Crippen LogP contribution in [0.4, 0.5) is 0 Å². The van der Waals surface area contributed by atoms with Crippen LogP contribution in [0.3, 0.4) is 0 Å². The fourth-order valence-corrected chi connectivity index (χ4v) is 4.66. The van der Waals surface area contributed by atoms with Gasteiger partial charge in [-0.15, -0.1) is 0 Å². The predicted octanol–water partition coefficient (Wildman–Crippen LogP) is 0.819. The van der Waals surface area contributed by atoms with Gasteiger partial charge in [0, 0.05) is 37.6 Å². The second-order valence-electron chi connectivity index (χ2n) is 6.30. The smallest absolute Gasteiger partial charge is 0.244 e. The van der Waals surface area contributed by atoms with Crippen LogP contribution >= 0.6 is 0 Å². The van der Waals surface area contributed by atoms with Gasteiger partial charge < -0.3 is 15.0 Å². The molecular weight excluding hydrogens is 290 g/mol. The lowest BCUT2D eigenvalue weighted by Gasteiger charge is -2.30. The molecule has 21 heavy (non-hydrogen) atoms. The predicted molar refractivity (Wildman–Crippen MR) is 77.3 cm³/mol. The standard InChI is InChI=1S/C14H21N3O3S/c18-21(19,17-8-12-3-4-13(9-17)20-12)14-5-11(16-7-14)6-15-10-1-2-10/h5,7,10,12-13,15-16H,1-4,6,8-9H2. The van der Waals surface area contributed by atoms with E-state index in [1.54, 1.807) is 16.6 Å². The maximum absolute atomic E-state index is 12.7. The van der Waals surface area contributed by atoms with Crippen molar-refractivity contribution in [1.82, 2.24) is 14.6 Å². The van der Waals surface area contributed by atoms with Crippen molar-refractivity contribution in [2.45, 2.75) is 55.4 Å². The van der Waals surface area contributed by atoms with E-state index in [1.165, 1.54) is 12.8 Å². The molecule has 4 rings (SSSR count).